The number of ether oxygens (including phenoxy) is 1. The van der Waals surface area contributed by atoms with Crippen molar-refractivity contribution >= 4 is 6.03 Å². The van der Waals surface area contributed by atoms with Gasteiger partial charge in [0.2, 0.25) is 0 Å². The summed E-state index contributed by atoms with van der Waals surface area (Å²) in [4.78, 5) is 12.1. The molecule has 0 fully saturated rings. The highest BCUT2D eigenvalue weighted by Gasteiger charge is 2.24. The summed E-state index contributed by atoms with van der Waals surface area (Å²) in [6.45, 7) is 2.91. The number of hydrogen-bond acceptors (Lipinski definition) is 3. The number of fused-ring (bicyclic) bond motifs is 1. The molecule has 0 saturated carbocycles. The van der Waals surface area contributed by atoms with Gasteiger partial charge in [0.15, 0.2) is 0 Å². The molecule has 0 aliphatic heterocycles. The van der Waals surface area contributed by atoms with Gasteiger partial charge in [-0.3, -0.25) is 4.68 Å². The molecule has 2 aromatic rings. The number of aryl methyl sites for hydroxylation is 2. The third-order valence-corrected chi connectivity index (χ3v) is 4.42. The maximum atomic E-state index is 12.1. The molecule has 2 N–H and O–H groups in total. The zero-order valence-corrected chi connectivity index (χ0v) is 14.2. The second kappa shape index (κ2) is 7.38. The predicted octanol–water partition coefficient (Wildman–Crippen LogP) is 2.48. The van der Waals surface area contributed by atoms with Crippen molar-refractivity contribution in [3.8, 4) is 5.75 Å². The molecule has 1 aliphatic rings. The third kappa shape index (κ3) is 3.69. The Morgan fingerprint density at radius 1 is 1.42 bits per heavy atom. The van der Waals surface area contributed by atoms with Crippen LogP contribution in [-0.4, -0.2) is 29.0 Å². The van der Waals surface area contributed by atoms with E-state index in [0.717, 1.165) is 36.1 Å². The first-order valence-corrected chi connectivity index (χ1v) is 8.38. The molecule has 1 atom stereocenters. The molecule has 24 heavy (non-hydrogen) atoms. The van der Waals surface area contributed by atoms with E-state index in [4.69, 9.17) is 4.74 Å². The summed E-state index contributed by atoms with van der Waals surface area (Å²) in [7, 11) is 1.95. The smallest absolute Gasteiger partial charge is 0.315 e. The van der Waals surface area contributed by atoms with Crippen molar-refractivity contribution in [2.45, 2.75) is 32.2 Å². The number of carbonyl (C=O) groups excluding carboxylic acids is 1. The normalized spacial score (nSPS) is 16.3. The van der Waals surface area contributed by atoms with E-state index in [1.54, 1.807) is 0 Å². The van der Waals surface area contributed by atoms with Gasteiger partial charge >= 0.3 is 6.03 Å². The zero-order chi connectivity index (χ0) is 16.9. The van der Waals surface area contributed by atoms with Gasteiger partial charge in [0, 0.05) is 18.3 Å². The van der Waals surface area contributed by atoms with Gasteiger partial charge in [0.05, 0.1) is 18.8 Å². The number of rotatable bonds is 5. The maximum absolute atomic E-state index is 12.1. The average molecular weight is 328 g/mol. The minimum absolute atomic E-state index is 0.0414. The van der Waals surface area contributed by atoms with E-state index in [1.165, 1.54) is 5.69 Å². The number of aromatic nitrogens is 2. The summed E-state index contributed by atoms with van der Waals surface area (Å²) in [6, 6.07) is 7.73. The van der Waals surface area contributed by atoms with E-state index in [9.17, 15) is 4.79 Å². The van der Waals surface area contributed by atoms with Gasteiger partial charge in [0.1, 0.15) is 12.4 Å². The Kier molecular flexibility index (Phi) is 5.03. The molecule has 6 nitrogen and oxygen atoms in total. The molecule has 0 bridgehead atoms. The number of carbonyl (C=O) groups is 1. The number of para-hydroxylation sites is 1. The number of nitrogens with one attached hydrogen (secondary N) is 2. The molecule has 1 aliphatic carbocycles. The molecule has 1 aromatic heterocycles. The SMILES string of the molecule is Cc1ccccc1OCCNC(=O)N[C@@H]1CCCc2c1cnn2C. The molecular weight excluding hydrogens is 304 g/mol. The van der Waals surface area contributed by atoms with Gasteiger partial charge in [-0.1, -0.05) is 18.2 Å². The van der Waals surface area contributed by atoms with Gasteiger partial charge in [-0.15, -0.1) is 0 Å². The van der Waals surface area contributed by atoms with Crippen LogP contribution in [0.5, 0.6) is 5.75 Å². The summed E-state index contributed by atoms with van der Waals surface area (Å²) in [6.07, 6.45) is 4.90. The van der Waals surface area contributed by atoms with Crippen LogP contribution in [0, 0.1) is 6.92 Å². The van der Waals surface area contributed by atoms with Gasteiger partial charge < -0.3 is 15.4 Å². The average Bonchev–Trinajstić information content (AvgIpc) is 2.96. The molecule has 0 saturated heterocycles. The zero-order valence-electron chi connectivity index (χ0n) is 14.2. The second-order valence-electron chi connectivity index (χ2n) is 6.13. The van der Waals surface area contributed by atoms with Gasteiger partial charge in [-0.2, -0.15) is 5.10 Å². The fraction of sp³-hybridized carbons (Fsp3) is 0.444. The molecule has 1 aromatic carbocycles. The number of amides is 2. The lowest BCUT2D eigenvalue weighted by Gasteiger charge is -2.24. The van der Waals surface area contributed by atoms with Crippen LogP contribution in [0.4, 0.5) is 4.79 Å². The molecule has 0 radical (unpaired) electrons. The van der Waals surface area contributed by atoms with E-state index < -0.39 is 0 Å². The van der Waals surface area contributed by atoms with E-state index in [0.29, 0.717) is 13.2 Å². The lowest BCUT2D eigenvalue weighted by atomic mass is 9.93. The molecule has 0 spiro atoms. The van der Waals surface area contributed by atoms with Crippen LogP contribution < -0.4 is 15.4 Å². The van der Waals surface area contributed by atoms with Crippen LogP contribution in [0.15, 0.2) is 30.5 Å². The number of hydrogen-bond donors (Lipinski definition) is 2. The third-order valence-electron chi connectivity index (χ3n) is 4.42. The fourth-order valence-electron chi connectivity index (χ4n) is 3.11. The summed E-state index contributed by atoms with van der Waals surface area (Å²) in [5.74, 6) is 0.854. The Hall–Kier alpha value is -2.50. The summed E-state index contributed by atoms with van der Waals surface area (Å²) in [5.41, 5.74) is 3.44. The van der Waals surface area contributed by atoms with Crippen molar-refractivity contribution in [3.05, 3.63) is 47.3 Å². The largest absolute Gasteiger partial charge is 0.491 e. The monoisotopic (exact) mass is 328 g/mol. The lowest BCUT2D eigenvalue weighted by Crippen LogP contribution is -2.40. The molecule has 1 heterocycles. The van der Waals surface area contributed by atoms with Gasteiger partial charge in [0.25, 0.3) is 0 Å². The Morgan fingerprint density at radius 2 is 2.25 bits per heavy atom. The van der Waals surface area contributed by atoms with Crippen molar-refractivity contribution in [2.75, 3.05) is 13.2 Å². The van der Waals surface area contributed by atoms with E-state index >= 15 is 0 Å². The van der Waals surface area contributed by atoms with E-state index in [-0.39, 0.29) is 12.1 Å². The van der Waals surface area contributed by atoms with Crippen LogP contribution in [0.25, 0.3) is 0 Å². The standard InChI is InChI=1S/C18H24N4O2/c1-13-6-3-4-9-17(13)24-11-10-19-18(23)21-15-7-5-8-16-14(15)12-20-22(16)2/h3-4,6,9,12,15H,5,7-8,10-11H2,1-2H3,(H2,19,21,23)/t15-/m1/s1. The highest BCUT2D eigenvalue weighted by Crippen LogP contribution is 2.28. The van der Waals surface area contributed by atoms with E-state index in [1.807, 2.05) is 49.1 Å². The number of benzene rings is 1. The van der Waals surface area contributed by atoms with Crippen LogP contribution in [0.2, 0.25) is 0 Å². The number of nitrogens with zero attached hydrogens (tertiary/aromatic N) is 2. The Balaban J connectivity index is 1.44. The van der Waals surface area contributed by atoms with Crippen molar-refractivity contribution < 1.29 is 9.53 Å². The van der Waals surface area contributed by atoms with Crippen molar-refractivity contribution in [1.29, 1.82) is 0 Å². The topological polar surface area (TPSA) is 68.2 Å². The van der Waals surface area contributed by atoms with Crippen LogP contribution in [-0.2, 0) is 13.5 Å². The summed E-state index contributed by atoms with van der Waals surface area (Å²) in [5, 5.41) is 10.2. The summed E-state index contributed by atoms with van der Waals surface area (Å²) < 4.78 is 7.58. The minimum Gasteiger partial charge on any atom is -0.491 e. The molecule has 6 heteroatoms. The van der Waals surface area contributed by atoms with E-state index in [2.05, 4.69) is 15.7 Å². The van der Waals surface area contributed by atoms with Gasteiger partial charge in [-0.05, 0) is 37.8 Å². The quantitative estimate of drug-likeness (QED) is 0.829. The lowest BCUT2D eigenvalue weighted by molar-refractivity contribution is 0.231. The Morgan fingerprint density at radius 3 is 3.08 bits per heavy atom. The minimum atomic E-state index is -0.162. The predicted molar refractivity (Wildman–Crippen MR) is 92.1 cm³/mol. The Bertz CT molecular complexity index is 711. The van der Waals surface area contributed by atoms with Crippen LogP contribution in [0.1, 0.15) is 35.7 Å². The van der Waals surface area contributed by atoms with Crippen LogP contribution >= 0.6 is 0 Å². The Labute approximate surface area is 142 Å². The molecule has 0 unspecified atom stereocenters. The maximum Gasteiger partial charge on any atom is 0.315 e. The molecular formula is C18H24N4O2. The first kappa shape index (κ1) is 16.4. The fourth-order valence-corrected chi connectivity index (χ4v) is 3.11. The second-order valence-corrected chi connectivity index (χ2v) is 6.13. The summed E-state index contributed by atoms with van der Waals surface area (Å²) >= 11 is 0. The number of urea groups is 1. The highest BCUT2D eigenvalue weighted by atomic mass is 16.5. The highest BCUT2D eigenvalue weighted by molar-refractivity contribution is 5.74. The molecule has 128 valence electrons. The molecule has 2 amide bonds. The van der Waals surface area contributed by atoms with Gasteiger partial charge in [-0.25, -0.2) is 4.79 Å². The van der Waals surface area contributed by atoms with Crippen molar-refractivity contribution in [2.24, 2.45) is 7.05 Å². The van der Waals surface area contributed by atoms with Crippen molar-refractivity contribution in [1.82, 2.24) is 20.4 Å². The van der Waals surface area contributed by atoms with Crippen molar-refractivity contribution in [3.63, 3.8) is 0 Å². The van der Waals surface area contributed by atoms with Crippen LogP contribution in [0.3, 0.4) is 0 Å². The first-order chi connectivity index (χ1) is 11.6. The first-order valence-electron chi connectivity index (χ1n) is 8.38. The molecule has 3 rings (SSSR count).